The van der Waals surface area contributed by atoms with Crippen LogP contribution in [0, 0.1) is 0 Å². The summed E-state index contributed by atoms with van der Waals surface area (Å²) in [6.45, 7) is 4.27. The molecule has 0 aliphatic carbocycles. The molecular formula is C23H29Cl3N2O5. The molecule has 4 N–H and O–H groups in total. The largest absolute Gasteiger partial charge is 0.505 e. The van der Waals surface area contributed by atoms with Gasteiger partial charge in [0.2, 0.25) is 0 Å². The molecule has 0 aliphatic rings. The number of rotatable bonds is 11. The maximum Gasteiger partial charge on any atom is 0.329 e. The molecule has 10 heteroatoms. The Morgan fingerprint density at radius 1 is 1.15 bits per heavy atom. The second kappa shape index (κ2) is 14.2. The van der Waals surface area contributed by atoms with Crippen molar-refractivity contribution in [2.45, 2.75) is 45.3 Å². The Morgan fingerprint density at radius 2 is 1.82 bits per heavy atom. The second-order valence-electron chi connectivity index (χ2n) is 7.44. The van der Waals surface area contributed by atoms with Gasteiger partial charge in [-0.15, -0.1) is 12.4 Å². The van der Waals surface area contributed by atoms with Crippen molar-refractivity contribution in [2.75, 3.05) is 13.2 Å². The summed E-state index contributed by atoms with van der Waals surface area (Å²) < 4.78 is 10.8. The van der Waals surface area contributed by atoms with Gasteiger partial charge in [-0.2, -0.15) is 0 Å². The zero-order valence-electron chi connectivity index (χ0n) is 18.5. The zero-order chi connectivity index (χ0) is 23.7. The molecule has 2 aromatic rings. The molecule has 0 heterocycles. The first-order chi connectivity index (χ1) is 15.2. The number of hydrogen-bond acceptors (Lipinski definition) is 6. The fraction of sp³-hybridized carbons (Fsp3) is 0.391. The number of ether oxygens (including phenoxy) is 2. The van der Waals surface area contributed by atoms with E-state index in [1.165, 1.54) is 6.07 Å². The molecule has 0 radical (unpaired) electrons. The standard InChI is InChI=1S/C23H28Cl2N2O5.ClH/c1-14(2)32-23(30)18(12-15-8-4-3-5-9-15)27-22(29)16-13-17(24)21(19(25)20(16)28)31-11-7-6-10-26;/h3-5,8-9,13-14,18,28H,6-7,10-12,26H2,1-2H3,(H,27,29);1H/t18-;/m0./s1. The van der Waals surface area contributed by atoms with Crippen molar-refractivity contribution >= 4 is 47.5 Å². The third-order valence-corrected chi connectivity index (χ3v) is 5.10. The lowest BCUT2D eigenvalue weighted by Gasteiger charge is -2.20. The molecule has 0 saturated carbocycles. The minimum Gasteiger partial charge on any atom is -0.505 e. The van der Waals surface area contributed by atoms with Gasteiger partial charge < -0.3 is 25.6 Å². The van der Waals surface area contributed by atoms with Crippen LogP contribution < -0.4 is 15.8 Å². The van der Waals surface area contributed by atoms with Gasteiger partial charge in [-0.1, -0.05) is 53.5 Å². The van der Waals surface area contributed by atoms with E-state index < -0.39 is 23.7 Å². The lowest BCUT2D eigenvalue weighted by Crippen LogP contribution is -2.44. The minimum absolute atomic E-state index is 0. The minimum atomic E-state index is -0.976. The molecular weight excluding hydrogens is 491 g/mol. The molecule has 0 spiro atoms. The molecule has 7 nitrogen and oxygen atoms in total. The Balaban J connectivity index is 0.00000544. The summed E-state index contributed by atoms with van der Waals surface area (Å²) in [4.78, 5) is 25.5. The molecule has 182 valence electrons. The number of unbranched alkanes of at least 4 members (excludes halogenated alkanes) is 1. The van der Waals surface area contributed by atoms with Gasteiger partial charge in [0.1, 0.15) is 11.1 Å². The molecule has 33 heavy (non-hydrogen) atoms. The van der Waals surface area contributed by atoms with Gasteiger partial charge in [-0.3, -0.25) is 4.79 Å². The van der Waals surface area contributed by atoms with Crippen molar-refractivity contribution in [3.63, 3.8) is 0 Å². The van der Waals surface area contributed by atoms with Crippen LogP contribution in [-0.4, -0.2) is 42.3 Å². The predicted octanol–water partition coefficient (Wildman–Crippen LogP) is 4.53. The molecule has 0 fully saturated rings. The van der Waals surface area contributed by atoms with Crippen molar-refractivity contribution in [3.05, 3.63) is 57.6 Å². The van der Waals surface area contributed by atoms with Gasteiger partial charge in [0.15, 0.2) is 11.5 Å². The number of phenolic OH excluding ortho intramolecular Hbond substituents is 1. The van der Waals surface area contributed by atoms with E-state index in [9.17, 15) is 14.7 Å². The normalized spacial score (nSPS) is 11.5. The fourth-order valence-corrected chi connectivity index (χ4v) is 3.48. The summed E-state index contributed by atoms with van der Waals surface area (Å²) >= 11 is 12.4. The van der Waals surface area contributed by atoms with E-state index in [0.29, 0.717) is 19.6 Å². The molecule has 0 aliphatic heterocycles. The second-order valence-corrected chi connectivity index (χ2v) is 8.23. The molecule has 2 rings (SSSR count). The van der Waals surface area contributed by atoms with Crippen LogP contribution in [0.2, 0.25) is 10.0 Å². The molecule has 1 amide bonds. The monoisotopic (exact) mass is 518 g/mol. The summed E-state index contributed by atoms with van der Waals surface area (Å²) in [5.74, 6) is -1.71. The van der Waals surface area contributed by atoms with Gasteiger partial charge in [0.05, 0.1) is 23.3 Å². The third kappa shape index (κ3) is 8.59. The highest BCUT2D eigenvalue weighted by atomic mass is 35.5. The Bertz CT molecular complexity index is 926. The van der Waals surface area contributed by atoms with Gasteiger partial charge >= 0.3 is 5.97 Å². The molecule has 0 bridgehead atoms. The average molecular weight is 520 g/mol. The molecule has 2 aromatic carbocycles. The third-order valence-electron chi connectivity index (χ3n) is 4.46. The number of amides is 1. The SMILES string of the molecule is CC(C)OC(=O)[C@H](Cc1ccccc1)NC(=O)c1cc(Cl)c(OCCCCN)c(Cl)c1O.Cl. The van der Waals surface area contributed by atoms with Crippen molar-refractivity contribution in [1.29, 1.82) is 0 Å². The predicted molar refractivity (Wildman–Crippen MR) is 132 cm³/mol. The first-order valence-corrected chi connectivity index (χ1v) is 11.1. The Hall–Kier alpha value is -2.19. The van der Waals surface area contributed by atoms with Crippen molar-refractivity contribution in [3.8, 4) is 11.5 Å². The van der Waals surface area contributed by atoms with Crippen LogP contribution in [0.4, 0.5) is 0 Å². The van der Waals surface area contributed by atoms with Crippen molar-refractivity contribution < 1.29 is 24.2 Å². The van der Waals surface area contributed by atoms with Gasteiger partial charge in [-0.25, -0.2) is 4.79 Å². The van der Waals surface area contributed by atoms with Crippen LogP contribution in [0.25, 0.3) is 0 Å². The number of benzene rings is 2. The Morgan fingerprint density at radius 3 is 2.42 bits per heavy atom. The van der Waals surface area contributed by atoms with E-state index in [0.717, 1.165) is 12.0 Å². The van der Waals surface area contributed by atoms with Gasteiger partial charge in [0, 0.05) is 6.42 Å². The van der Waals surface area contributed by atoms with Gasteiger partial charge in [-0.05, 0) is 44.9 Å². The highest BCUT2D eigenvalue weighted by molar-refractivity contribution is 6.39. The summed E-state index contributed by atoms with van der Waals surface area (Å²) in [5, 5.41) is 13.0. The Kier molecular flexibility index (Phi) is 12.4. The maximum atomic E-state index is 12.9. The van der Waals surface area contributed by atoms with Crippen LogP contribution in [0.1, 0.15) is 42.6 Å². The fourth-order valence-electron chi connectivity index (χ4n) is 2.91. The first kappa shape index (κ1) is 28.8. The number of phenols is 1. The smallest absolute Gasteiger partial charge is 0.329 e. The number of hydrogen-bond donors (Lipinski definition) is 3. The summed E-state index contributed by atoms with van der Waals surface area (Å²) in [6.07, 6.45) is 1.30. The van der Waals surface area contributed by atoms with E-state index >= 15 is 0 Å². The highest BCUT2D eigenvalue weighted by Gasteiger charge is 2.27. The van der Waals surface area contributed by atoms with Crippen LogP contribution >= 0.6 is 35.6 Å². The quantitative estimate of drug-likeness (QED) is 0.297. The van der Waals surface area contributed by atoms with E-state index in [1.807, 2.05) is 30.3 Å². The van der Waals surface area contributed by atoms with Crippen LogP contribution in [0.5, 0.6) is 11.5 Å². The van der Waals surface area contributed by atoms with Gasteiger partial charge in [0.25, 0.3) is 5.91 Å². The average Bonchev–Trinajstić information content (AvgIpc) is 2.75. The van der Waals surface area contributed by atoms with Crippen molar-refractivity contribution in [2.24, 2.45) is 5.73 Å². The van der Waals surface area contributed by atoms with Crippen LogP contribution in [0.15, 0.2) is 36.4 Å². The number of esters is 1. The number of carbonyl (C=O) groups is 2. The van der Waals surface area contributed by atoms with E-state index in [2.05, 4.69) is 5.32 Å². The number of aromatic hydroxyl groups is 1. The summed E-state index contributed by atoms with van der Waals surface area (Å²) in [7, 11) is 0. The number of nitrogens with two attached hydrogens (primary N) is 1. The number of nitrogens with one attached hydrogen (secondary N) is 1. The number of carbonyl (C=O) groups excluding carboxylic acids is 2. The lowest BCUT2D eigenvalue weighted by atomic mass is 10.0. The van der Waals surface area contributed by atoms with Crippen molar-refractivity contribution in [1.82, 2.24) is 5.32 Å². The van der Waals surface area contributed by atoms with Crippen LogP contribution in [-0.2, 0) is 16.0 Å². The van der Waals surface area contributed by atoms with E-state index in [1.54, 1.807) is 13.8 Å². The lowest BCUT2D eigenvalue weighted by molar-refractivity contribution is -0.149. The van der Waals surface area contributed by atoms with E-state index in [4.69, 9.17) is 38.4 Å². The zero-order valence-corrected chi connectivity index (χ0v) is 20.8. The van der Waals surface area contributed by atoms with E-state index in [-0.39, 0.29) is 46.3 Å². The number of halogens is 3. The first-order valence-electron chi connectivity index (χ1n) is 10.3. The molecule has 0 saturated heterocycles. The highest BCUT2D eigenvalue weighted by Crippen LogP contribution is 2.42. The van der Waals surface area contributed by atoms with Crippen LogP contribution in [0.3, 0.4) is 0 Å². The molecule has 1 atom stereocenters. The topological polar surface area (TPSA) is 111 Å². The molecule has 0 aromatic heterocycles. The summed E-state index contributed by atoms with van der Waals surface area (Å²) in [5.41, 5.74) is 6.11. The summed E-state index contributed by atoms with van der Waals surface area (Å²) in [6, 6.07) is 9.47. The molecule has 0 unspecified atom stereocenters. The maximum absolute atomic E-state index is 12.9. The Labute approximate surface area is 209 Å².